The smallest absolute Gasteiger partial charge is 0.264 e. The highest BCUT2D eigenvalue weighted by Gasteiger charge is 1.99. The van der Waals surface area contributed by atoms with E-state index in [1.165, 1.54) is 0 Å². The van der Waals surface area contributed by atoms with Gasteiger partial charge in [-0.1, -0.05) is 0 Å². The first-order chi connectivity index (χ1) is 4.86. The van der Waals surface area contributed by atoms with Gasteiger partial charge in [-0.2, -0.15) is 0 Å². The molecular weight excluding hydrogens is 130 g/mol. The van der Waals surface area contributed by atoms with Gasteiger partial charge in [0.2, 0.25) is 6.20 Å². The van der Waals surface area contributed by atoms with E-state index in [9.17, 15) is 0 Å². The molecule has 0 atom stereocenters. The first-order valence-corrected chi connectivity index (χ1v) is 2.96. The van der Waals surface area contributed by atoms with E-state index >= 15 is 0 Å². The maximum atomic E-state index is 4.96. The number of methoxy groups -OCH3 is 1. The van der Waals surface area contributed by atoms with E-state index in [0.717, 1.165) is 5.75 Å². The highest BCUT2D eigenvalue weighted by atomic mass is 16.6. The molecule has 0 unspecified atom stereocenters. The Kier molecular flexibility index (Phi) is 2.10. The van der Waals surface area contributed by atoms with Crippen LogP contribution in [0.4, 0.5) is 0 Å². The summed E-state index contributed by atoms with van der Waals surface area (Å²) in [7, 11) is 3.22. The number of hydrogen-bond acceptors (Lipinski definition) is 2. The second kappa shape index (κ2) is 3.06. The number of hydrogen-bond donors (Lipinski definition) is 0. The van der Waals surface area contributed by atoms with Gasteiger partial charge in [0, 0.05) is 10.8 Å². The summed E-state index contributed by atoms with van der Waals surface area (Å²) in [5, 5.41) is 0. The Labute approximate surface area is 59.8 Å². The summed E-state index contributed by atoms with van der Waals surface area (Å²) < 4.78 is 6.52. The molecule has 0 saturated carbocycles. The van der Waals surface area contributed by atoms with Crippen molar-refractivity contribution in [2.75, 3.05) is 14.2 Å². The van der Waals surface area contributed by atoms with Crippen molar-refractivity contribution in [2.24, 2.45) is 0 Å². The Morgan fingerprint density at radius 1 is 1.40 bits per heavy atom. The molecule has 0 aliphatic rings. The van der Waals surface area contributed by atoms with Gasteiger partial charge in [0.25, 0.3) is 6.20 Å². The first kappa shape index (κ1) is 6.86. The summed E-state index contributed by atoms with van der Waals surface area (Å²) in [6.45, 7) is 0. The molecule has 1 aromatic heterocycles. The molecular formula is C7H10NO2+. The van der Waals surface area contributed by atoms with Crippen molar-refractivity contribution in [3.8, 4) is 5.75 Å². The van der Waals surface area contributed by atoms with Crippen LogP contribution in [0.5, 0.6) is 5.75 Å². The predicted molar refractivity (Wildman–Crippen MR) is 35.7 cm³/mol. The molecule has 0 amide bonds. The van der Waals surface area contributed by atoms with Crippen molar-refractivity contribution < 1.29 is 14.3 Å². The van der Waals surface area contributed by atoms with E-state index < -0.39 is 0 Å². The lowest BCUT2D eigenvalue weighted by Gasteiger charge is -1.94. The van der Waals surface area contributed by atoms with Gasteiger partial charge in [0.05, 0.1) is 7.11 Å². The van der Waals surface area contributed by atoms with Crippen LogP contribution in [0, 0.1) is 0 Å². The highest BCUT2D eigenvalue weighted by molar-refractivity contribution is 5.11. The molecule has 1 heterocycles. The molecule has 0 spiro atoms. The molecule has 1 rings (SSSR count). The van der Waals surface area contributed by atoms with Crippen molar-refractivity contribution >= 4 is 0 Å². The zero-order chi connectivity index (χ0) is 7.40. The van der Waals surface area contributed by atoms with Crippen molar-refractivity contribution in [2.45, 2.75) is 0 Å². The van der Waals surface area contributed by atoms with Gasteiger partial charge in [0.15, 0.2) is 5.75 Å². The summed E-state index contributed by atoms with van der Waals surface area (Å²) in [4.78, 5) is 4.89. The minimum absolute atomic E-state index is 0.782. The minimum atomic E-state index is 0.782. The van der Waals surface area contributed by atoms with Crippen molar-refractivity contribution in [1.29, 1.82) is 0 Å². The highest BCUT2D eigenvalue weighted by Crippen LogP contribution is 2.01. The van der Waals surface area contributed by atoms with Crippen LogP contribution in [0.15, 0.2) is 24.5 Å². The van der Waals surface area contributed by atoms with Crippen LogP contribution in [0.25, 0.3) is 0 Å². The summed E-state index contributed by atoms with van der Waals surface area (Å²) in [5.41, 5.74) is 0. The van der Waals surface area contributed by atoms with Gasteiger partial charge in [-0.05, 0) is 6.07 Å². The lowest BCUT2D eigenvalue weighted by atomic mass is 10.5. The third-order valence-electron chi connectivity index (χ3n) is 1.19. The zero-order valence-electron chi connectivity index (χ0n) is 6.07. The molecule has 0 bridgehead atoms. The van der Waals surface area contributed by atoms with Gasteiger partial charge in [-0.3, -0.25) is 4.84 Å². The maximum Gasteiger partial charge on any atom is 0.264 e. The number of rotatable bonds is 2. The fraction of sp³-hybridized carbons (Fsp3) is 0.286. The van der Waals surface area contributed by atoms with Crippen LogP contribution >= 0.6 is 0 Å². The Morgan fingerprint density at radius 3 is 2.80 bits per heavy atom. The Bertz CT molecular complexity index is 193. The molecule has 3 heteroatoms. The number of nitrogens with zero attached hydrogens (tertiary/aromatic N) is 1. The Balaban J connectivity index is 2.87. The third-order valence-corrected chi connectivity index (χ3v) is 1.19. The second-order valence-electron chi connectivity index (χ2n) is 1.79. The Morgan fingerprint density at radius 2 is 2.20 bits per heavy atom. The third kappa shape index (κ3) is 1.37. The van der Waals surface area contributed by atoms with E-state index in [-0.39, 0.29) is 0 Å². The number of ether oxygens (including phenoxy) is 1. The summed E-state index contributed by atoms with van der Waals surface area (Å²) in [6.07, 6.45) is 3.54. The quantitative estimate of drug-likeness (QED) is 0.541. The Hall–Kier alpha value is -1.25. The topological polar surface area (TPSA) is 22.3 Å². The van der Waals surface area contributed by atoms with Crippen LogP contribution in [0.3, 0.4) is 0 Å². The second-order valence-corrected chi connectivity index (χ2v) is 1.79. The summed E-state index contributed by atoms with van der Waals surface area (Å²) in [6, 6.07) is 3.71. The fourth-order valence-electron chi connectivity index (χ4n) is 0.668. The zero-order valence-corrected chi connectivity index (χ0v) is 6.07. The SMILES string of the molecule is COc1ccc[n+](OC)c1. The average Bonchev–Trinajstić information content (AvgIpc) is 2.05. The van der Waals surface area contributed by atoms with E-state index in [1.807, 2.05) is 12.1 Å². The van der Waals surface area contributed by atoms with Crippen LogP contribution in [0.2, 0.25) is 0 Å². The van der Waals surface area contributed by atoms with Crippen molar-refractivity contribution in [3.05, 3.63) is 24.5 Å². The van der Waals surface area contributed by atoms with Gasteiger partial charge < -0.3 is 4.74 Å². The molecule has 0 fully saturated rings. The van der Waals surface area contributed by atoms with Crippen LogP contribution < -0.4 is 14.3 Å². The van der Waals surface area contributed by atoms with Crippen molar-refractivity contribution in [1.82, 2.24) is 0 Å². The molecule has 0 N–H and O–H groups in total. The fourth-order valence-corrected chi connectivity index (χ4v) is 0.668. The minimum Gasteiger partial charge on any atom is -0.491 e. The summed E-state index contributed by atoms with van der Waals surface area (Å²) in [5.74, 6) is 0.782. The monoisotopic (exact) mass is 140 g/mol. The lowest BCUT2D eigenvalue weighted by Crippen LogP contribution is -2.39. The van der Waals surface area contributed by atoms with Gasteiger partial charge >= 0.3 is 0 Å². The standard InChI is InChI=1S/C7H10NO2/c1-9-7-4-3-5-8(6-7)10-2/h3-6H,1-2H3/q+1. The normalized spacial score (nSPS) is 9.00. The van der Waals surface area contributed by atoms with E-state index in [2.05, 4.69) is 0 Å². The van der Waals surface area contributed by atoms with Crippen LogP contribution in [-0.4, -0.2) is 14.2 Å². The largest absolute Gasteiger partial charge is 0.491 e. The van der Waals surface area contributed by atoms with Crippen LogP contribution in [0.1, 0.15) is 0 Å². The molecule has 3 nitrogen and oxygen atoms in total. The van der Waals surface area contributed by atoms with E-state index in [1.54, 1.807) is 31.3 Å². The molecule has 54 valence electrons. The van der Waals surface area contributed by atoms with E-state index in [0.29, 0.717) is 0 Å². The molecule has 1 aromatic rings. The van der Waals surface area contributed by atoms with Gasteiger partial charge in [0.1, 0.15) is 7.11 Å². The lowest BCUT2D eigenvalue weighted by molar-refractivity contribution is -0.885. The predicted octanol–water partition coefficient (Wildman–Crippen LogP) is 0.0411. The molecule has 0 radical (unpaired) electrons. The van der Waals surface area contributed by atoms with Gasteiger partial charge in [-0.15, -0.1) is 0 Å². The van der Waals surface area contributed by atoms with Crippen LogP contribution in [-0.2, 0) is 0 Å². The molecule has 10 heavy (non-hydrogen) atoms. The van der Waals surface area contributed by atoms with Gasteiger partial charge in [-0.25, -0.2) is 0 Å². The average molecular weight is 140 g/mol. The molecule has 0 aliphatic carbocycles. The van der Waals surface area contributed by atoms with Crippen molar-refractivity contribution in [3.63, 3.8) is 0 Å². The number of aromatic nitrogens is 1. The number of pyridine rings is 1. The molecule has 0 saturated heterocycles. The molecule has 0 aliphatic heterocycles. The molecule has 0 aromatic carbocycles. The maximum absolute atomic E-state index is 4.96. The first-order valence-electron chi connectivity index (χ1n) is 2.96. The van der Waals surface area contributed by atoms with E-state index in [4.69, 9.17) is 9.57 Å². The summed E-state index contributed by atoms with van der Waals surface area (Å²) >= 11 is 0.